The summed E-state index contributed by atoms with van der Waals surface area (Å²) in [5.74, 6) is -1.10. The van der Waals surface area contributed by atoms with Crippen molar-refractivity contribution in [3.05, 3.63) is 29.3 Å². The normalized spacial score (nSPS) is 15.1. The highest BCUT2D eigenvalue weighted by Gasteiger charge is 2.28. The molecule has 0 atom stereocenters. The van der Waals surface area contributed by atoms with Crippen LogP contribution in [0.2, 0.25) is 0 Å². The van der Waals surface area contributed by atoms with Gasteiger partial charge in [0.1, 0.15) is 0 Å². The van der Waals surface area contributed by atoms with Crippen LogP contribution in [0.3, 0.4) is 0 Å². The molecule has 1 aliphatic rings. The van der Waals surface area contributed by atoms with Crippen LogP contribution < -0.4 is 5.32 Å². The largest absolute Gasteiger partial charge is 0.452 e. The minimum atomic E-state index is -3.73. The third-order valence-electron chi connectivity index (χ3n) is 4.70. The third kappa shape index (κ3) is 6.80. The maximum Gasteiger partial charge on any atom is 0.338 e. The first kappa shape index (κ1) is 23.3. The van der Waals surface area contributed by atoms with Gasteiger partial charge in [0.2, 0.25) is 10.0 Å². The summed E-state index contributed by atoms with van der Waals surface area (Å²) in [6.07, 6.45) is 4.16. The van der Waals surface area contributed by atoms with E-state index < -0.39 is 22.6 Å². The number of aryl methyl sites for hydroxylation is 1. The minimum Gasteiger partial charge on any atom is -0.452 e. The molecule has 0 aromatic heterocycles. The molecule has 162 valence electrons. The molecule has 9 heteroatoms. The maximum absolute atomic E-state index is 12.9. The lowest BCUT2D eigenvalue weighted by molar-refractivity contribution is -0.124. The van der Waals surface area contributed by atoms with Crippen LogP contribution in [0, 0.1) is 6.92 Å². The predicted octanol–water partition coefficient (Wildman–Crippen LogP) is 1.87. The molecule has 1 N–H and O–H groups in total. The molecule has 0 spiro atoms. The molecule has 1 aliphatic heterocycles. The van der Waals surface area contributed by atoms with Gasteiger partial charge in [-0.25, -0.2) is 13.2 Å². The van der Waals surface area contributed by atoms with Gasteiger partial charge in [-0.05, 0) is 31.0 Å². The van der Waals surface area contributed by atoms with Crippen molar-refractivity contribution in [2.75, 3.05) is 39.5 Å². The van der Waals surface area contributed by atoms with Crippen molar-refractivity contribution in [3.8, 4) is 0 Å². The summed E-state index contributed by atoms with van der Waals surface area (Å²) in [6, 6.07) is 4.38. The number of sulfonamides is 1. The Morgan fingerprint density at radius 1 is 1.17 bits per heavy atom. The smallest absolute Gasteiger partial charge is 0.338 e. The first-order chi connectivity index (χ1) is 13.9. The van der Waals surface area contributed by atoms with Crippen molar-refractivity contribution in [2.45, 2.75) is 44.4 Å². The van der Waals surface area contributed by atoms with Crippen LogP contribution in [-0.4, -0.2) is 64.1 Å². The molecular formula is C20H30N2O6S. The van der Waals surface area contributed by atoms with Crippen molar-refractivity contribution >= 4 is 21.9 Å². The third-order valence-corrected chi connectivity index (χ3v) is 6.74. The van der Waals surface area contributed by atoms with Crippen LogP contribution in [0.5, 0.6) is 0 Å². The highest BCUT2D eigenvalue weighted by atomic mass is 32.2. The number of hydrogen-bond acceptors (Lipinski definition) is 6. The second kappa shape index (κ2) is 11.3. The van der Waals surface area contributed by atoms with Crippen LogP contribution in [0.15, 0.2) is 23.1 Å². The van der Waals surface area contributed by atoms with Crippen molar-refractivity contribution in [1.29, 1.82) is 0 Å². The lowest BCUT2D eigenvalue weighted by Gasteiger charge is -2.26. The van der Waals surface area contributed by atoms with E-state index in [4.69, 9.17) is 9.47 Å². The van der Waals surface area contributed by atoms with Crippen molar-refractivity contribution < 1.29 is 27.5 Å². The van der Waals surface area contributed by atoms with Gasteiger partial charge in [0.05, 0.1) is 23.7 Å². The van der Waals surface area contributed by atoms with E-state index in [1.165, 1.54) is 16.4 Å². The number of morpholine rings is 1. The molecular weight excluding hydrogens is 396 g/mol. The monoisotopic (exact) mass is 426 g/mol. The Morgan fingerprint density at radius 3 is 2.59 bits per heavy atom. The molecule has 0 aliphatic carbocycles. The summed E-state index contributed by atoms with van der Waals surface area (Å²) < 4.78 is 37.4. The van der Waals surface area contributed by atoms with E-state index in [0.717, 1.165) is 25.7 Å². The summed E-state index contributed by atoms with van der Waals surface area (Å²) in [4.78, 5) is 24.2. The number of amides is 1. The minimum absolute atomic E-state index is 0.0641. The van der Waals surface area contributed by atoms with Crippen LogP contribution in [-0.2, 0) is 24.3 Å². The number of unbranched alkanes of at least 4 members (excludes halogenated alkanes) is 3. The van der Waals surface area contributed by atoms with Crippen molar-refractivity contribution in [3.63, 3.8) is 0 Å². The molecule has 1 amide bonds. The zero-order valence-corrected chi connectivity index (χ0v) is 17.9. The molecule has 1 saturated heterocycles. The highest BCUT2D eigenvalue weighted by Crippen LogP contribution is 2.22. The van der Waals surface area contributed by atoms with Crippen LogP contribution in [0.4, 0.5) is 0 Å². The van der Waals surface area contributed by atoms with Gasteiger partial charge in [-0.15, -0.1) is 0 Å². The first-order valence-electron chi connectivity index (χ1n) is 9.98. The molecule has 0 bridgehead atoms. The Hall–Kier alpha value is -1.97. The molecule has 8 nitrogen and oxygen atoms in total. The number of nitrogens with zero attached hydrogens (tertiary/aromatic N) is 1. The van der Waals surface area contributed by atoms with Gasteiger partial charge in [0.25, 0.3) is 5.91 Å². The number of ether oxygens (including phenoxy) is 2. The van der Waals surface area contributed by atoms with Crippen LogP contribution >= 0.6 is 0 Å². The predicted molar refractivity (Wildman–Crippen MR) is 108 cm³/mol. The number of rotatable bonds is 10. The quantitative estimate of drug-likeness (QED) is 0.453. The summed E-state index contributed by atoms with van der Waals surface area (Å²) in [6.45, 7) is 5.16. The molecule has 1 aromatic rings. The molecule has 1 heterocycles. The fourth-order valence-corrected chi connectivity index (χ4v) is 4.63. The van der Waals surface area contributed by atoms with Crippen molar-refractivity contribution in [1.82, 2.24) is 9.62 Å². The summed E-state index contributed by atoms with van der Waals surface area (Å²) in [5.41, 5.74) is 0.635. The molecule has 1 aromatic carbocycles. The van der Waals surface area contributed by atoms with Gasteiger partial charge in [0.15, 0.2) is 6.61 Å². The molecule has 29 heavy (non-hydrogen) atoms. The maximum atomic E-state index is 12.9. The van der Waals surface area contributed by atoms with E-state index in [9.17, 15) is 18.0 Å². The molecule has 0 unspecified atom stereocenters. The summed E-state index contributed by atoms with van der Waals surface area (Å²) in [7, 11) is -3.73. The Kier molecular flexibility index (Phi) is 9.06. The molecule has 0 radical (unpaired) electrons. The topological polar surface area (TPSA) is 102 Å². The van der Waals surface area contributed by atoms with E-state index in [2.05, 4.69) is 12.2 Å². The van der Waals surface area contributed by atoms with E-state index in [-0.39, 0.29) is 29.5 Å². The molecule has 1 fully saturated rings. The van der Waals surface area contributed by atoms with Gasteiger partial charge in [-0.2, -0.15) is 4.31 Å². The van der Waals surface area contributed by atoms with Gasteiger partial charge >= 0.3 is 5.97 Å². The summed E-state index contributed by atoms with van der Waals surface area (Å²) >= 11 is 0. The van der Waals surface area contributed by atoms with E-state index in [1.54, 1.807) is 13.0 Å². The summed E-state index contributed by atoms with van der Waals surface area (Å²) in [5, 5.41) is 2.71. The van der Waals surface area contributed by atoms with Gasteiger partial charge in [-0.3, -0.25) is 4.79 Å². The average Bonchev–Trinajstić information content (AvgIpc) is 2.72. The van der Waals surface area contributed by atoms with Gasteiger partial charge in [-0.1, -0.05) is 32.3 Å². The fourth-order valence-electron chi connectivity index (χ4n) is 2.98. The van der Waals surface area contributed by atoms with Gasteiger partial charge in [0, 0.05) is 19.6 Å². The van der Waals surface area contributed by atoms with E-state index in [0.29, 0.717) is 25.3 Å². The average molecular weight is 427 g/mol. The second-order valence-electron chi connectivity index (χ2n) is 6.98. The van der Waals surface area contributed by atoms with E-state index >= 15 is 0 Å². The Labute approximate surface area is 172 Å². The number of nitrogens with one attached hydrogen (secondary N) is 1. The zero-order chi connectivity index (χ0) is 21.3. The van der Waals surface area contributed by atoms with Crippen molar-refractivity contribution in [2.24, 2.45) is 0 Å². The van der Waals surface area contributed by atoms with E-state index in [1.807, 2.05) is 0 Å². The standard InChI is InChI=1S/C20H30N2O6S/c1-3-4-5-6-9-21-19(23)15-28-20(24)17-8-7-16(2)18(14-17)29(25,26)22-10-12-27-13-11-22/h7-8,14H,3-6,9-13,15H2,1-2H3,(H,21,23). The Bertz CT molecular complexity index is 803. The number of carbonyl (C=O) groups is 2. The zero-order valence-electron chi connectivity index (χ0n) is 17.1. The fraction of sp³-hybridized carbons (Fsp3) is 0.600. The number of hydrogen-bond donors (Lipinski definition) is 1. The molecule has 0 saturated carbocycles. The SMILES string of the molecule is CCCCCCNC(=O)COC(=O)c1ccc(C)c(S(=O)(=O)N2CCOCC2)c1. The Balaban J connectivity index is 1.96. The lowest BCUT2D eigenvalue weighted by Crippen LogP contribution is -2.40. The van der Waals surface area contributed by atoms with Crippen LogP contribution in [0.25, 0.3) is 0 Å². The lowest BCUT2D eigenvalue weighted by atomic mass is 10.1. The first-order valence-corrected chi connectivity index (χ1v) is 11.4. The highest BCUT2D eigenvalue weighted by molar-refractivity contribution is 7.89. The number of benzene rings is 1. The number of carbonyl (C=O) groups excluding carboxylic acids is 2. The van der Waals surface area contributed by atoms with Gasteiger partial charge < -0.3 is 14.8 Å². The number of esters is 1. The Morgan fingerprint density at radius 2 is 1.90 bits per heavy atom. The van der Waals surface area contributed by atoms with Crippen LogP contribution in [0.1, 0.15) is 48.5 Å². The molecule has 2 rings (SSSR count). The second-order valence-corrected chi connectivity index (χ2v) is 8.89.